The smallest absolute Gasteiger partial charge is 0.269 e. The minimum Gasteiger partial charge on any atom is -0.370 e. The summed E-state index contributed by atoms with van der Waals surface area (Å²) < 4.78 is 1.43. The maximum absolute atomic E-state index is 12.7. The molecule has 0 spiro atoms. The molecule has 1 saturated heterocycles. The summed E-state index contributed by atoms with van der Waals surface area (Å²) >= 11 is 6.14. The largest absolute Gasteiger partial charge is 0.370 e. The summed E-state index contributed by atoms with van der Waals surface area (Å²) in [5.74, 6) is -0.281. The van der Waals surface area contributed by atoms with Crippen molar-refractivity contribution in [1.82, 2.24) is 9.55 Å². The van der Waals surface area contributed by atoms with E-state index in [1.54, 1.807) is 12.1 Å². The normalized spacial score (nSPS) is 13.9. The number of aromatic nitrogens is 2. The number of amides is 1. The molecule has 138 valence electrons. The maximum Gasteiger partial charge on any atom is 0.269 e. The molecule has 0 atom stereocenters. The Morgan fingerprint density at radius 2 is 1.93 bits per heavy atom. The fraction of sp³-hybridized carbons (Fsp3) is 0.250. The van der Waals surface area contributed by atoms with Gasteiger partial charge in [0.1, 0.15) is 6.54 Å². The molecule has 1 aliphatic rings. The second-order valence-electron chi connectivity index (χ2n) is 6.58. The molecule has 6 nitrogen and oxygen atoms in total. The highest BCUT2D eigenvalue weighted by Crippen LogP contribution is 2.31. The van der Waals surface area contributed by atoms with Crippen LogP contribution in [0.3, 0.4) is 0 Å². The van der Waals surface area contributed by atoms with Crippen molar-refractivity contribution in [2.45, 2.75) is 19.4 Å². The van der Waals surface area contributed by atoms with Crippen LogP contribution in [0.25, 0.3) is 11.0 Å². The van der Waals surface area contributed by atoms with Crippen LogP contribution in [0.5, 0.6) is 0 Å². The van der Waals surface area contributed by atoms with Gasteiger partial charge in [0.15, 0.2) is 0 Å². The van der Waals surface area contributed by atoms with Gasteiger partial charge in [-0.1, -0.05) is 23.7 Å². The van der Waals surface area contributed by atoms with Crippen LogP contribution in [-0.2, 0) is 11.3 Å². The molecule has 1 aliphatic heterocycles. The predicted molar refractivity (Wildman–Crippen MR) is 108 cm³/mol. The van der Waals surface area contributed by atoms with Gasteiger partial charge in [0.05, 0.1) is 28.6 Å². The first-order valence-electron chi connectivity index (χ1n) is 8.91. The number of anilines is 2. The van der Waals surface area contributed by atoms with E-state index in [9.17, 15) is 9.59 Å². The van der Waals surface area contributed by atoms with E-state index in [1.807, 2.05) is 30.3 Å². The first-order chi connectivity index (χ1) is 13.1. The molecule has 0 radical (unpaired) electrons. The highest BCUT2D eigenvalue weighted by molar-refractivity contribution is 6.31. The molecule has 0 bridgehead atoms. The number of fused-ring (bicyclic) bond motifs is 1. The third kappa shape index (κ3) is 3.66. The van der Waals surface area contributed by atoms with Gasteiger partial charge in [-0.25, -0.2) is 4.98 Å². The van der Waals surface area contributed by atoms with Gasteiger partial charge in [-0.05, 0) is 43.2 Å². The first kappa shape index (κ1) is 17.5. The second kappa shape index (κ2) is 7.40. The van der Waals surface area contributed by atoms with E-state index in [2.05, 4.69) is 15.2 Å². The highest BCUT2D eigenvalue weighted by Gasteiger charge is 2.18. The van der Waals surface area contributed by atoms with E-state index in [0.717, 1.165) is 31.6 Å². The van der Waals surface area contributed by atoms with Crippen molar-refractivity contribution in [3.63, 3.8) is 0 Å². The number of nitrogens with one attached hydrogen (secondary N) is 1. The van der Waals surface area contributed by atoms with E-state index < -0.39 is 0 Å². The minimum atomic E-state index is -0.310. The molecule has 7 heteroatoms. The number of carbonyl (C=O) groups is 1. The molecule has 1 amide bonds. The summed E-state index contributed by atoms with van der Waals surface area (Å²) in [5, 5.41) is 3.48. The Kier molecular flexibility index (Phi) is 4.81. The number of nitrogens with zero attached hydrogens (tertiary/aromatic N) is 3. The molecule has 0 aliphatic carbocycles. The van der Waals surface area contributed by atoms with E-state index >= 15 is 0 Å². The Balaban J connectivity index is 1.62. The van der Waals surface area contributed by atoms with Gasteiger partial charge >= 0.3 is 0 Å². The summed E-state index contributed by atoms with van der Waals surface area (Å²) in [6.07, 6.45) is 3.51. The number of para-hydroxylation sites is 2. The summed E-state index contributed by atoms with van der Waals surface area (Å²) in [6, 6.07) is 12.8. The molecular weight excluding hydrogens is 364 g/mol. The SMILES string of the molecule is O=C(Cn1c(=O)cnc2ccccc21)Nc1cc(Cl)ccc1N1CCCC1. The molecule has 1 fully saturated rings. The zero-order valence-electron chi connectivity index (χ0n) is 14.7. The van der Waals surface area contributed by atoms with Crippen LogP contribution >= 0.6 is 11.6 Å². The average molecular weight is 383 g/mol. The van der Waals surface area contributed by atoms with Gasteiger partial charge in [0.2, 0.25) is 5.91 Å². The van der Waals surface area contributed by atoms with Crippen LogP contribution in [0.2, 0.25) is 5.02 Å². The van der Waals surface area contributed by atoms with Gasteiger partial charge in [-0.3, -0.25) is 14.2 Å². The van der Waals surface area contributed by atoms with Crippen molar-refractivity contribution in [2.75, 3.05) is 23.3 Å². The Hall–Kier alpha value is -2.86. The number of hydrogen-bond donors (Lipinski definition) is 1. The Morgan fingerprint density at radius 3 is 2.74 bits per heavy atom. The van der Waals surface area contributed by atoms with Crippen molar-refractivity contribution >= 4 is 39.9 Å². The van der Waals surface area contributed by atoms with E-state index in [-0.39, 0.29) is 18.0 Å². The first-order valence-corrected chi connectivity index (χ1v) is 9.28. The van der Waals surface area contributed by atoms with Crippen LogP contribution < -0.4 is 15.8 Å². The zero-order chi connectivity index (χ0) is 18.8. The summed E-state index contributed by atoms with van der Waals surface area (Å²) in [5.41, 5.74) is 2.61. The van der Waals surface area contributed by atoms with Crippen molar-refractivity contribution in [3.05, 3.63) is 64.0 Å². The van der Waals surface area contributed by atoms with Crippen molar-refractivity contribution in [2.24, 2.45) is 0 Å². The predicted octanol–water partition coefficient (Wildman–Crippen LogP) is 3.29. The lowest BCUT2D eigenvalue weighted by atomic mass is 10.2. The standard InChI is InChI=1S/C20H19ClN4O2/c21-14-7-8-17(24-9-3-4-10-24)16(11-14)23-19(26)13-25-18-6-2-1-5-15(18)22-12-20(25)27/h1-2,5-8,11-12H,3-4,9-10,13H2,(H,23,26). The molecule has 1 N–H and O–H groups in total. The summed E-state index contributed by atoms with van der Waals surface area (Å²) in [4.78, 5) is 31.3. The van der Waals surface area contributed by atoms with E-state index in [0.29, 0.717) is 21.7 Å². The number of benzene rings is 2. The fourth-order valence-electron chi connectivity index (χ4n) is 3.45. The lowest BCUT2D eigenvalue weighted by Crippen LogP contribution is -2.28. The molecule has 3 aromatic rings. The molecule has 0 unspecified atom stereocenters. The van der Waals surface area contributed by atoms with Crippen LogP contribution in [0.4, 0.5) is 11.4 Å². The fourth-order valence-corrected chi connectivity index (χ4v) is 3.63. The molecule has 2 heterocycles. The third-order valence-corrected chi connectivity index (χ3v) is 4.97. The molecule has 4 rings (SSSR count). The molecular formula is C20H19ClN4O2. The number of hydrogen-bond acceptors (Lipinski definition) is 4. The van der Waals surface area contributed by atoms with Crippen molar-refractivity contribution in [3.8, 4) is 0 Å². The van der Waals surface area contributed by atoms with Crippen LogP contribution in [0, 0.1) is 0 Å². The second-order valence-corrected chi connectivity index (χ2v) is 7.01. The van der Waals surface area contributed by atoms with Crippen LogP contribution in [0.1, 0.15) is 12.8 Å². The van der Waals surface area contributed by atoms with Gasteiger partial charge in [0, 0.05) is 18.1 Å². The average Bonchev–Trinajstić information content (AvgIpc) is 3.19. The Bertz CT molecular complexity index is 1060. The Labute approximate surface area is 161 Å². The summed E-state index contributed by atoms with van der Waals surface area (Å²) in [7, 11) is 0. The van der Waals surface area contributed by atoms with Gasteiger partial charge in [0.25, 0.3) is 5.56 Å². The number of halogens is 1. The lowest BCUT2D eigenvalue weighted by molar-refractivity contribution is -0.116. The Morgan fingerprint density at radius 1 is 1.15 bits per heavy atom. The van der Waals surface area contributed by atoms with Crippen molar-refractivity contribution < 1.29 is 4.79 Å². The van der Waals surface area contributed by atoms with Crippen LogP contribution in [-0.4, -0.2) is 28.5 Å². The minimum absolute atomic E-state index is 0.0895. The zero-order valence-corrected chi connectivity index (χ0v) is 15.4. The van der Waals surface area contributed by atoms with Crippen LogP contribution in [0.15, 0.2) is 53.5 Å². The molecule has 27 heavy (non-hydrogen) atoms. The topological polar surface area (TPSA) is 67.2 Å². The molecule has 0 saturated carbocycles. The number of rotatable bonds is 4. The highest BCUT2D eigenvalue weighted by atomic mass is 35.5. The van der Waals surface area contributed by atoms with Gasteiger partial charge < -0.3 is 10.2 Å². The monoisotopic (exact) mass is 382 g/mol. The van der Waals surface area contributed by atoms with E-state index in [1.165, 1.54) is 10.8 Å². The number of carbonyl (C=O) groups excluding carboxylic acids is 1. The third-order valence-electron chi connectivity index (χ3n) is 4.73. The van der Waals surface area contributed by atoms with E-state index in [4.69, 9.17) is 11.6 Å². The lowest BCUT2D eigenvalue weighted by Gasteiger charge is -2.22. The maximum atomic E-state index is 12.7. The summed E-state index contributed by atoms with van der Waals surface area (Å²) in [6.45, 7) is 1.83. The van der Waals surface area contributed by atoms with Gasteiger partial charge in [-0.2, -0.15) is 0 Å². The van der Waals surface area contributed by atoms with Crippen molar-refractivity contribution in [1.29, 1.82) is 0 Å². The molecule has 2 aromatic carbocycles. The quantitative estimate of drug-likeness (QED) is 0.751. The van der Waals surface area contributed by atoms with Gasteiger partial charge in [-0.15, -0.1) is 0 Å². The molecule has 1 aromatic heterocycles.